The number of aliphatic hydroxyl groups excluding tert-OH is 1. The molecule has 0 saturated carbocycles. The highest BCUT2D eigenvalue weighted by atomic mass is 16.5. The van der Waals surface area contributed by atoms with E-state index in [4.69, 9.17) is 9.84 Å². The molecule has 2 rings (SSSR count). The van der Waals surface area contributed by atoms with Gasteiger partial charge in [-0.3, -0.25) is 0 Å². The number of methoxy groups -OCH3 is 1. The van der Waals surface area contributed by atoms with Gasteiger partial charge in [-0.2, -0.15) is 0 Å². The number of rotatable bonds is 6. The summed E-state index contributed by atoms with van der Waals surface area (Å²) in [7, 11) is 1.68. The minimum atomic E-state index is 0.168. The Bertz CT molecular complexity index is 539. The van der Waals surface area contributed by atoms with E-state index in [1.54, 1.807) is 7.11 Å². The molecule has 0 saturated heterocycles. The van der Waals surface area contributed by atoms with E-state index in [2.05, 4.69) is 36.5 Å². The molecule has 19 heavy (non-hydrogen) atoms. The number of aliphatic hydroxyl groups is 1. The number of nitrogens with one attached hydrogen (secondary N) is 1. The van der Waals surface area contributed by atoms with E-state index in [1.807, 2.05) is 12.1 Å². The van der Waals surface area contributed by atoms with Gasteiger partial charge in [0.25, 0.3) is 0 Å². The van der Waals surface area contributed by atoms with E-state index in [9.17, 15) is 0 Å². The number of ether oxygens (including phenoxy) is 1. The van der Waals surface area contributed by atoms with E-state index < -0.39 is 0 Å². The van der Waals surface area contributed by atoms with Gasteiger partial charge in [0.1, 0.15) is 5.75 Å². The molecule has 0 radical (unpaired) electrons. The highest BCUT2D eigenvalue weighted by Gasteiger charge is 2.08. The maximum Gasteiger partial charge on any atom is 0.119 e. The van der Waals surface area contributed by atoms with Gasteiger partial charge < -0.3 is 15.2 Å². The Kier molecular flexibility index (Phi) is 4.77. The summed E-state index contributed by atoms with van der Waals surface area (Å²) in [5.74, 6) is 0.880. The monoisotopic (exact) mass is 259 g/mol. The first-order valence-electron chi connectivity index (χ1n) is 6.70. The molecule has 0 spiro atoms. The zero-order valence-corrected chi connectivity index (χ0v) is 11.5. The lowest BCUT2D eigenvalue weighted by Crippen LogP contribution is -2.23. The summed E-state index contributed by atoms with van der Waals surface area (Å²) in [4.78, 5) is 0. The molecule has 0 aliphatic rings. The lowest BCUT2D eigenvalue weighted by molar-refractivity contribution is 0.283. The molecule has 3 heteroatoms. The van der Waals surface area contributed by atoms with Crippen LogP contribution < -0.4 is 10.1 Å². The second kappa shape index (κ2) is 6.55. The van der Waals surface area contributed by atoms with Crippen molar-refractivity contribution in [3.63, 3.8) is 0 Å². The molecule has 2 aromatic carbocycles. The molecule has 0 aromatic heterocycles. The van der Waals surface area contributed by atoms with Crippen LogP contribution in [-0.2, 0) is 0 Å². The summed E-state index contributed by atoms with van der Waals surface area (Å²) in [6, 6.07) is 12.9. The quantitative estimate of drug-likeness (QED) is 0.838. The summed E-state index contributed by atoms with van der Waals surface area (Å²) in [5.41, 5.74) is 1.26. The third kappa shape index (κ3) is 3.25. The fourth-order valence-electron chi connectivity index (χ4n) is 2.32. The van der Waals surface area contributed by atoms with Crippen molar-refractivity contribution >= 4 is 10.8 Å². The normalized spacial score (nSPS) is 12.6. The fourth-order valence-corrected chi connectivity index (χ4v) is 2.32. The molecule has 2 N–H and O–H groups in total. The van der Waals surface area contributed by atoms with Gasteiger partial charge in [0.05, 0.1) is 13.7 Å². The van der Waals surface area contributed by atoms with E-state index in [0.29, 0.717) is 12.6 Å². The van der Waals surface area contributed by atoms with Crippen molar-refractivity contribution in [1.29, 1.82) is 0 Å². The Labute approximate surface area is 114 Å². The summed E-state index contributed by atoms with van der Waals surface area (Å²) in [6.45, 7) is 2.94. The van der Waals surface area contributed by atoms with Gasteiger partial charge in [0.2, 0.25) is 0 Å². The SMILES string of the molecule is CCC(NCCO)c1ccc2cc(OC)ccc2c1. The third-order valence-electron chi connectivity index (χ3n) is 3.38. The van der Waals surface area contributed by atoms with Crippen LogP contribution in [0.5, 0.6) is 5.75 Å². The van der Waals surface area contributed by atoms with Crippen LogP contribution in [0.1, 0.15) is 24.9 Å². The molecule has 102 valence electrons. The molecule has 2 aromatic rings. The smallest absolute Gasteiger partial charge is 0.119 e. The van der Waals surface area contributed by atoms with Crippen molar-refractivity contribution in [2.45, 2.75) is 19.4 Å². The van der Waals surface area contributed by atoms with Gasteiger partial charge in [0, 0.05) is 12.6 Å². The van der Waals surface area contributed by atoms with Crippen molar-refractivity contribution in [1.82, 2.24) is 5.32 Å². The Morgan fingerprint density at radius 1 is 1.16 bits per heavy atom. The molecule has 0 amide bonds. The van der Waals surface area contributed by atoms with E-state index >= 15 is 0 Å². The average Bonchev–Trinajstić information content (AvgIpc) is 2.47. The first-order chi connectivity index (χ1) is 9.28. The Morgan fingerprint density at radius 3 is 2.58 bits per heavy atom. The average molecular weight is 259 g/mol. The Balaban J connectivity index is 2.29. The summed E-state index contributed by atoms with van der Waals surface area (Å²) < 4.78 is 5.23. The highest BCUT2D eigenvalue weighted by Crippen LogP contribution is 2.25. The van der Waals surface area contributed by atoms with Gasteiger partial charge >= 0.3 is 0 Å². The van der Waals surface area contributed by atoms with Crippen LogP contribution in [0.2, 0.25) is 0 Å². The van der Waals surface area contributed by atoms with Crippen LogP contribution in [0, 0.1) is 0 Å². The molecule has 3 nitrogen and oxygen atoms in total. The molecule has 1 atom stereocenters. The van der Waals surface area contributed by atoms with Crippen molar-refractivity contribution in [3.05, 3.63) is 42.0 Å². The first kappa shape index (κ1) is 13.8. The molecule has 1 unspecified atom stereocenters. The zero-order chi connectivity index (χ0) is 13.7. The van der Waals surface area contributed by atoms with Crippen molar-refractivity contribution in [2.75, 3.05) is 20.3 Å². The van der Waals surface area contributed by atoms with Crippen molar-refractivity contribution in [3.8, 4) is 5.75 Å². The Hall–Kier alpha value is -1.58. The number of fused-ring (bicyclic) bond motifs is 1. The molecule has 0 aliphatic heterocycles. The van der Waals surface area contributed by atoms with Gasteiger partial charge in [-0.25, -0.2) is 0 Å². The highest BCUT2D eigenvalue weighted by molar-refractivity contribution is 5.84. The van der Waals surface area contributed by atoms with Crippen LogP contribution in [0.3, 0.4) is 0 Å². The summed E-state index contributed by atoms with van der Waals surface area (Å²) >= 11 is 0. The van der Waals surface area contributed by atoms with Crippen LogP contribution >= 0.6 is 0 Å². The standard InChI is InChI=1S/C16H21NO2/c1-3-16(17-8-9-18)14-5-4-13-11-15(19-2)7-6-12(13)10-14/h4-7,10-11,16-18H,3,8-9H2,1-2H3. The van der Waals surface area contributed by atoms with Gasteiger partial charge in [-0.15, -0.1) is 0 Å². The predicted octanol–water partition coefficient (Wildman–Crippen LogP) is 2.88. The topological polar surface area (TPSA) is 41.5 Å². The van der Waals surface area contributed by atoms with Crippen molar-refractivity contribution < 1.29 is 9.84 Å². The number of benzene rings is 2. The fraction of sp³-hybridized carbons (Fsp3) is 0.375. The van der Waals surface area contributed by atoms with Crippen LogP contribution in [0.15, 0.2) is 36.4 Å². The predicted molar refractivity (Wildman–Crippen MR) is 78.6 cm³/mol. The van der Waals surface area contributed by atoms with Gasteiger partial charge in [-0.1, -0.05) is 25.1 Å². The minimum absolute atomic E-state index is 0.168. The van der Waals surface area contributed by atoms with Crippen molar-refractivity contribution in [2.24, 2.45) is 0 Å². The first-order valence-corrected chi connectivity index (χ1v) is 6.70. The van der Waals surface area contributed by atoms with E-state index in [-0.39, 0.29) is 6.61 Å². The second-order valence-corrected chi connectivity index (χ2v) is 4.61. The molecule has 0 aliphatic carbocycles. The van der Waals surface area contributed by atoms with Gasteiger partial charge in [0.15, 0.2) is 0 Å². The molecular formula is C16H21NO2. The maximum absolute atomic E-state index is 8.91. The lowest BCUT2D eigenvalue weighted by atomic mass is 10.00. The van der Waals surface area contributed by atoms with Crippen LogP contribution in [-0.4, -0.2) is 25.4 Å². The second-order valence-electron chi connectivity index (χ2n) is 4.61. The molecule has 0 heterocycles. The van der Waals surface area contributed by atoms with Gasteiger partial charge in [-0.05, 0) is 41.0 Å². The largest absolute Gasteiger partial charge is 0.497 e. The van der Waals surface area contributed by atoms with E-state index in [0.717, 1.165) is 12.2 Å². The maximum atomic E-state index is 8.91. The molecular weight excluding hydrogens is 238 g/mol. The molecule has 0 bridgehead atoms. The number of hydrogen-bond acceptors (Lipinski definition) is 3. The minimum Gasteiger partial charge on any atom is -0.497 e. The summed E-state index contributed by atoms with van der Waals surface area (Å²) in [6.07, 6.45) is 1.00. The third-order valence-corrected chi connectivity index (χ3v) is 3.38. The lowest BCUT2D eigenvalue weighted by Gasteiger charge is -2.17. The zero-order valence-electron chi connectivity index (χ0n) is 11.5. The van der Waals surface area contributed by atoms with Crippen LogP contribution in [0.25, 0.3) is 10.8 Å². The summed E-state index contributed by atoms with van der Waals surface area (Å²) in [5, 5.41) is 14.6. The Morgan fingerprint density at radius 2 is 1.89 bits per heavy atom. The van der Waals surface area contributed by atoms with Crippen LogP contribution in [0.4, 0.5) is 0 Å². The number of hydrogen-bond donors (Lipinski definition) is 2. The van der Waals surface area contributed by atoms with E-state index in [1.165, 1.54) is 16.3 Å². The molecule has 0 fully saturated rings.